The maximum absolute atomic E-state index is 13.5. The van der Waals surface area contributed by atoms with Crippen LogP contribution in [0.25, 0.3) is 0 Å². The van der Waals surface area contributed by atoms with Gasteiger partial charge in [0.05, 0.1) is 6.61 Å². The van der Waals surface area contributed by atoms with Crippen molar-refractivity contribution in [1.29, 1.82) is 0 Å². The van der Waals surface area contributed by atoms with Gasteiger partial charge >= 0.3 is 6.09 Å². The Hall–Kier alpha value is -2.61. The molecule has 0 fully saturated rings. The number of hydrogen-bond donors (Lipinski definition) is 3. The molecule has 0 aliphatic rings. The van der Waals surface area contributed by atoms with Gasteiger partial charge in [-0.15, -0.1) is 0 Å². The Labute approximate surface area is 198 Å². The summed E-state index contributed by atoms with van der Waals surface area (Å²) in [6.45, 7) is 9.45. The summed E-state index contributed by atoms with van der Waals surface area (Å²) in [5.41, 5.74) is -0.0787. The number of aliphatic hydroxyl groups excluding tert-OH is 1. The number of carbonyl (C=O) groups excluding carboxylic acids is 3. The second-order valence-electron chi connectivity index (χ2n) is 9.08. The van der Waals surface area contributed by atoms with Crippen LogP contribution in [0, 0.1) is 0 Å². The Morgan fingerprint density at radius 3 is 2.21 bits per heavy atom. The third-order valence-corrected chi connectivity index (χ3v) is 4.96. The molecule has 33 heavy (non-hydrogen) atoms. The summed E-state index contributed by atoms with van der Waals surface area (Å²) in [6, 6.07) is 6.99. The van der Waals surface area contributed by atoms with E-state index in [2.05, 4.69) is 17.6 Å². The van der Waals surface area contributed by atoms with Crippen molar-refractivity contribution >= 4 is 17.9 Å². The summed E-state index contributed by atoms with van der Waals surface area (Å²) < 4.78 is 5.25. The van der Waals surface area contributed by atoms with Gasteiger partial charge < -0.3 is 25.4 Å². The monoisotopic (exact) mass is 463 g/mol. The number of carbonyl (C=O) groups is 3. The Morgan fingerprint density at radius 2 is 1.67 bits per heavy atom. The van der Waals surface area contributed by atoms with Crippen LogP contribution in [0.2, 0.25) is 0 Å². The van der Waals surface area contributed by atoms with E-state index in [9.17, 15) is 19.5 Å². The number of ether oxygens (including phenoxy) is 1. The van der Waals surface area contributed by atoms with Crippen molar-refractivity contribution in [3.8, 4) is 0 Å². The Bertz CT molecular complexity index is 733. The first-order valence-corrected chi connectivity index (χ1v) is 11.9. The van der Waals surface area contributed by atoms with Gasteiger partial charge in [-0.2, -0.15) is 0 Å². The van der Waals surface area contributed by atoms with Gasteiger partial charge in [-0.25, -0.2) is 4.79 Å². The maximum Gasteiger partial charge on any atom is 0.408 e. The molecule has 0 aromatic heterocycles. The largest absolute Gasteiger partial charge is 0.444 e. The molecular formula is C25H41N3O5. The molecule has 0 radical (unpaired) electrons. The Balaban J connectivity index is 3.24. The van der Waals surface area contributed by atoms with E-state index in [1.807, 2.05) is 25.1 Å². The highest BCUT2D eigenvalue weighted by Gasteiger charge is 2.35. The minimum Gasteiger partial charge on any atom is -0.444 e. The Kier molecular flexibility index (Phi) is 12.5. The second kappa shape index (κ2) is 14.5. The number of hydrogen-bond acceptors (Lipinski definition) is 5. The van der Waals surface area contributed by atoms with E-state index in [1.165, 1.54) is 4.90 Å². The van der Waals surface area contributed by atoms with Crippen molar-refractivity contribution in [3.63, 3.8) is 0 Å². The predicted octanol–water partition coefficient (Wildman–Crippen LogP) is 3.55. The third kappa shape index (κ3) is 10.2. The SMILES string of the molecule is CCCCCN(C(=O)C(CO)NC(=O)OC(C)(C)C)C(C(=O)NCCCC)c1ccccc1. The molecule has 0 aliphatic carbocycles. The van der Waals surface area contributed by atoms with E-state index in [1.54, 1.807) is 32.9 Å². The number of alkyl carbamates (subject to hydrolysis) is 1. The number of aliphatic hydroxyl groups is 1. The van der Waals surface area contributed by atoms with E-state index < -0.39 is 36.3 Å². The van der Waals surface area contributed by atoms with Gasteiger partial charge in [0.1, 0.15) is 17.7 Å². The fourth-order valence-electron chi connectivity index (χ4n) is 3.33. The molecule has 0 aliphatic heterocycles. The fourth-order valence-corrected chi connectivity index (χ4v) is 3.33. The quantitative estimate of drug-likeness (QED) is 0.388. The number of unbranched alkanes of at least 4 members (excludes halogenated alkanes) is 3. The van der Waals surface area contributed by atoms with E-state index in [0.717, 1.165) is 25.7 Å². The first-order chi connectivity index (χ1) is 15.6. The molecule has 8 nitrogen and oxygen atoms in total. The predicted molar refractivity (Wildman–Crippen MR) is 129 cm³/mol. The number of nitrogens with one attached hydrogen (secondary N) is 2. The van der Waals surface area contributed by atoms with Crippen molar-refractivity contribution < 1.29 is 24.2 Å². The molecule has 186 valence electrons. The number of benzene rings is 1. The molecule has 8 heteroatoms. The summed E-state index contributed by atoms with van der Waals surface area (Å²) in [6.07, 6.45) is 3.48. The van der Waals surface area contributed by atoms with Crippen LogP contribution in [0.15, 0.2) is 30.3 Å². The summed E-state index contributed by atoms with van der Waals surface area (Å²) in [4.78, 5) is 40.5. The molecule has 1 aromatic rings. The normalized spacial score (nSPS) is 13.0. The number of nitrogens with zero attached hydrogens (tertiary/aromatic N) is 1. The van der Waals surface area contributed by atoms with Crippen LogP contribution >= 0.6 is 0 Å². The number of amides is 3. The van der Waals surface area contributed by atoms with Crippen molar-refractivity contribution in [2.24, 2.45) is 0 Å². The molecule has 2 unspecified atom stereocenters. The topological polar surface area (TPSA) is 108 Å². The lowest BCUT2D eigenvalue weighted by molar-refractivity contribution is -0.143. The Morgan fingerprint density at radius 1 is 1.03 bits per heavy atom. The van der Waals surface area contributed by atoms with Crippen molar-refractivity contribution in [2.45, 2.75) is 84.4 Å². The zero-order chi connectivity index (χ0) is 24.9. The molecule has 2 atom stereocenters. The molecule has 0 saturated carbocycles. The summed E-state index contributed by atoms with van der Waals surface area (Å²) in [7, 11) is 0. The van der Waals surface area contributed by atoms with Crippen LogP contribution in [0.4, 0.5) is 4.79 Å². The lowest BCUT2D eigenvalue weighted by Gasteiger charge is -2.34. The molecule has 0 saturated heterocycles. The molecule has 0 spiro atoms. The number of rotatable bonds is 13. The molecule has 1 aromatic carbocycles. The van der Waals surface area contributed by atoms with Crippen molar-refractivity contribution in [1.82, 2.24) is 15.5 Å². The second-order valence-corrected chi connectivity index (χ2v) is 9.08. The minimum atomic E-state index is -1.23. The van der Waals surface area contributed by atoms with Crippen LogP contribution in [0.3, 0.4) is 0 Å². The van der Waals surface area contributed by atoms with Crippen molar-refractivity contribution in [3.05, 3.63) is 35.9 Å². The lowest BCUT2D eigenvalue weighted by Crippen LogP contribution is -2.54. The van der Waals surface area contributed by atoms with Gasteiger partial charge in [-0.1, -0.05) is 63.4 Å². The van der Waals surface area contributed by atoms with Crippen LogP contribution in [0.1, 0.15) is 78.3 Å². The van der Waals surface area contributed by atoms with Crippen LogP contribution in [0.5, 0.6) is 0 Å². The lowest BCUT2D eigenvalue weighted by atomic mass is 10.0. The fraction of sp³-hybridized carbons (Fsp3) is 0.640. The highest BCUT2D eigenvalue weighted by atomic mass is 16.6. The van der Waals surface area contributed by atoms with Gasteiger partial charge in [-0.05, 0) is 39.2 Å². The molecule has 0 heterocycles. The van der Waals surface area contributed by atoms with Gasteiger partial charge in [-0.3, -0.25) is 9.59 Å². The first-order valence-electron chi connectivity index (χ1n) is 11.9. The van der Waals surface area contributed by atoms with Crippen molar-refractivity contribution in [2.75, 3.05) is 19.7 Å². The van der Waals surface area contributed by atoms with Crippen LogP contribution in [-0.2, 0) is 14.3 Å². The van der Waals surface area contributed by atoms with Gasteiger partial charge in [0.25, 0.3) is 0 Å². The average molecular weight is 464 g/mol. The van der Waals surface area contributed by atoms with E-state index in [0.29, 0.717) is 25.1 Å². The zero-order valence-corrected chi connectivity index (χ0v) is 20.7. The standard InChI is InChI=1S/C25H41N3O5/c1-6-8-13-17-28(23(31)20(18-29)27-24(32)33-25(3,4)5)21(19-14-11-10-12-15-19)22(30)26-16-9-7-2/h10-12,14-15,20-21,29H,6-9,13,16-18H2,1-5H3,(H,26,30)(H,27,32). The van der Waals surface area contributed by atoms with Gasteiger partial charge in [0, 0.05) is 13.1 Å². The minimum absolute atomic E-state index is 0.284. The highest BCUT2D eigenvalue weighted by molar-refractivity contribution is 5.92. The van der Waals surface area contributed by atoms with E-state index in [4.69, 9.17) is 4.74 Å². The smallest absolute Gasteiger partial charge is 0.408 e. The first kappa shape index (κ1) is 28.4. The molecular weight excluding hydrogens is 422 g/mol. The average Bonchev–Trinajstić information content (AvgIpc) is 2.76. The van der Waals surface area contributed by atoms with Gasteiger partial charge in [0.2, 0.25) is 11.8 Å². The molecule has 0 bridgehead atoms. The summed E-state index contributed by atoms with van der Waals surface area (Å²) in [5.74, 6) is -0.813. The van der Waals surface area contributed by atoms with Gasteiger partial charge in [0.15, 0.2) is 0 Å². The third-order valence-electron chi connectivity index (χ3n) is 4.96. The van der Waals surface area contributed by atoms with E-state index in [-0.39, 0.29) is 5.91 Å². The highest BCUT2D eigenvalue weighted by Crippen LogP contribution is 2.23. The molecule has 3 amide bonds. The maximum atomic E-state index is 13.5. The summed E-state index contributed by atoms with van der Waals surface area (Å²) >= 11 is 0. The zero-order valence-electron chi connectivity index (χ0n) is 20.7. The van der Waals surface area contributed by atoms with E-state index >= 15 is 0 Å². The molecule has 1 rings (SSSR count). The van der Waals surface area contributed by atoms with Crippen LogP contribution in [-0.4, -0.2) is 59.3 Å². The summed E-state index contributed by atoms with van der Waals surface area (Å²) in [5, 5.41) is 15.3. The molecule has 3 N–H and O–H groups in total. The van der Waals surface area contributed by atoms with Crippen LogP contribution < -0.4 is 10.6 Å².